The SMILES string of the molecule is CCCC(CC)NC(=O)c1ccc(NN)nc1. The fraction of sp³-hybridized carbons (Fsp3) is 0.500. The molecule has 0 saturated heterocycles. The maximum Gasteiger partial charge on any atom is 0.253 e. The van der Waals surface area contributed by atoms with Gasteiger partial charge in [0.05, 0.1) is 5.56 Å². The second-order valence-electron chi connectivity index (χ2n) is 3.94. The quantitative estimate of drug-likeness (QED) is 0.518. The molecule has 1 unspecified atom stereocenters. The van der Waals surface area contributed by atoms with Gasteiger partial charge in [0.1, 0.15) is 5.82 Å². The smallest absolute Gasteiger partial charge is 0.253 e. The number of carbonyl (C=O) groups excluding carboxylic acids is 1. The normalized spacial score (nSPS) is 11.9. The zero-order valence-corrected chi connectivity index (χ0v) is 10.4. The first-order chi connectivity index (χ1) is 8.21. The molecule has 1 aromatic rings. The van der Waals surface area contributed by atoms with Gasteiger partial charge >= 0.3 is 0 Å². The van der Waals surface area contributed by atoms with Crippen molar-refractivity contribution in [3.8, 4) is 0 Å². The van der Waals surface area contributed by atoms with Crippen LogP contribution in [0, 0.1) is 0 Å². The molecule has 94 valence electrons. The Morgan fingerprint density at radius 1 is 1.47 bits per heavy atom. The maximum atomic E-state index is 11.9. The molecule has 1 rings (SSSR count). The standard InChI is InChI=1S/C12H20N4O/c1-3-5-10(4-2)15-12(17)9-6-7-11(16-13)14-8-9/h6-8,10H,3-5,13H2,1-2H3,(H,14,16)(H,15,17). The van der Waals surface area contributed by atoms with Gasteiger partial charge in [-0.25, -0.2) is 10.8 Å². The molecule has 5 heteroatoms. The number of nitrogen functional groups attached to an aromatic ring is 1. The van der Waals surface area contributed by atoms with Crippen molar-refractivity contribution in [2.45, 2.75) is 39.2 Å². The summed E-state index contributed by atoms with van der Waals surface area (Å²) in [7, 11) is 0. The summed E-state index contributed by atoms with van der Waals surface area (Å²) in [6.07, 6.45) is 4.52. The molecule has 0 aliphatic rings. The van der Waals surface area contributed by atoms with Crippen LogP contribution in [0.15, 0.2) is 18.3 Å². The topological polar surface area (TPSA) is 80.0 Å². The molecular weight excluding hydrogens is 216 g/mol. The van der Waals surface area contributed by atoms with E-state index in [1.807, 2.05) is 0 Å². The Bertz CT molecular complexity index is 350. The van der Waals surface area contributed by atoms with Crippen LogP contribution in [0.25, 0.3) is 0 Å². The van der Waals surface area contributed by atoms with E-state index in [1.165, 1.54) is 6.20 Å². The highest BCUT2D eigenvalue weighted by molar-refractivity contribution is 5.94. The molecule has 1 amide bonds. The summed E-state index contributed by atoms with van der Waals surface area (Å²) >= 11 is 0. The molecule has 1 aromatic heterocycles. The number of rotatable bonds is 6. The Balaban J connectivity index is 2.62. The Morgan fingerprint density at radius 3 is 2.71 bits per heavy atom. The summed E-state index contributed by atoms with van der Waals surface area (Å²) in [4.78, 5) is 15.9. The number of aromatic nitrogens is 1. The number of hydrogen-bond acceptors (Lipinski definition) is 4. The largest absolute Gasteiger partial charge is 0.349 e. The lowest BCUT2D eigenvalue weighted by Gasteiger charge is -2.15. The zero-order valence-electron chi connectivity index (χ0n) is 10.4. The average Bonchev–Trinajstić information content (AvgIpc) is 2.38. The zero-order chi connectivity index (χ0) is 12.7. The maximum absolute atomic E-state index is 11.9. The molecule has 0 aliphatic heterocycles. The molecule has 4 N–H and O–H groups in total. The Kier molecular flexibility index (Phi) is 5.42. The van der Waals surface area contributed by atoms with E-state index in [1.54, 1.807) is 12.1 Å². The summed E-state index contributed by atoms with van der Waals surface area (Å²) in [6, 6.07) is 3.62. The van der Waals surface area contributed by atoms with Crippen LogP contribution in [0.3, 0.4) is 0 Å². The van der Waals surface area contributed by atoms with Crippen molar-refractivity contribution in [2.24, 2.45) is 5.84 Å². The third-order valence-electron chi connectivity index (χ3n) is 2.64. The van der Waals surface area contributed by atoms with Gasteiger partial charge in [-0.15, -0.1) is 0 Å². The van der Waals surface area contributed by atoms with Crippen LogP contribution in [0.2, 0.25) is 0 Å². The van der Waals surface area contributed by atoms with E-state index in [0.717, 1.165) is 19.3 Å². The molecule has 0 spiro atoms. The number of pyridine rings is 1. The van der Waals surface area contributed by atoms with Crippen molar-refractivity contribution in [1.82, 2.24) is 10.3 Å². The molecule has 0 radical (unpaired) electrons. The summed E-state index contributed by atoms with van der Waals surface area (Å²) in [5.41, 5.74) is 2.98. The minimum absolute atomic E-state index is 0.0821. The lowest BCUT2D eigenvalue weighted by molar-refractivity contribution is 0.0933. The molecule has 1 atom stereocenters. The Morgan fingerprint density at radius 2 is 2.24 bits per heavy atom. The van der Waals surface area contributed by atoms with E-state index < -0.39 is 0 Å². The highest BCUT2D eigenvalue weighted by atomic mass is 16.1. The summed E-state index contributed by atoms with van der Waals surface area (Å²) in [5, 5.41) is 2.99. The van der Waals surface area contributed by atoms with Gasteiger partial charge in [0.15, 0.2) is 0 Å². The van der Waals surface area contributed by atoms with Crippen molar-refractivity contribution in [3.05, 3.63) is 23.9 Å². The van der Waals surface area contributed by atoms with Crippen LogP contribution in [-0.4, -0.2) is 16.9 Å². The average molecular weight is 236 g/mol. The number of nitrogens with one attached hydrogen (secondary N) is 2. The van der Waals surface area contributed by atoms with E-state index >= 15 is 0 Å². The fourth-order valence-electron chi connectivity index (χ4n) is 1.61. The van der Waals surface area contributed by atoms with E-state index in [2.05, 4.69) is 29.6 Å². The van der Waals surface area contributed by atoms with Crippen LogP contribution < -0.4 is 16.6 Å². The number of nitrogens with zero attached hydrogens (tertiary/aromatic N) is 1. The Labute approximate surface area is 102 Å². The predicted molar refractivity (Wildman–Crippen MR) is 68.5 cm³/mol. The van der Waals surface area contributed by atoms with Gasteiger partial charge in [-0.1, -0.05) is 20.3 Å². The predicted octanol–water partition coefficient (Wildman–Crippen LogP) is 1.68. The first kappa shape index (κ1) is 13.4. The van der Waals surface area contributed by atoms with E-state index in [0.29, 0.717) is 11.4 Å². The highest BCUT2D eigenvalue weighted by Gasteiger charge is 2.11. The number of anilines is 1. The molecule has 17 heavy (non-hydrogen) atoms. The minimum Gasteiger partial charge on any atom is -0.349 e. The lowest BCUT2D eigenvalue weighted by atomic mass is 10.1. The van der Waals surface area contributed by atoms with Crippen molar-refractivity contribution >= 4 is 11.7 Å². The fourth-order valence-corrected chi connectivity index (χ4v) is 1.61. The Hall–Kier alpha value is -1.62. The molecule has 1 heterocycles. The highest BCUT2D eigenvalue weighted by Crippen LogP contribution is 2.06. The van der Waals surface area contributed by atoms with Crippen LogP contribution in [0.1, 0.15) is 43.5 Å². The van der Waals surface area contributed by atoms with Crippen molar-refractivity contribution < 1.29 is 4.79 Å². The van der Waals surface area contributed by atoms with Gasteiger partial charge in [-0.3, -0.25) is 4.79 Å². The second-order valence-corrected chi connectivity index (χ2v) is 3.94. The van der Waals surface area contributed by atoms with Crippen LogP contribution >= 0.6 is 0 Å². The van der Waals surface area contributed by atoms with E-state index in [-0.39, 0.29) is 11.9 Å². The first-order valence-corrected chi connectivity index (χ1v) is 5.94. The molecule has 0 bridgehead atoms. The number of amides is 1. The van der Waals surface area contributed by atoms with Crippen LogP contribution in [0.4, 0.5) is 5.82 Å². The van der Waals surface area contributed by atoms with Gasteiger partial charge in [-0.2, -0.15) is 0 Å². The summed E-state index contributed by atoms with van der Waals surface area (Å²) in [6.45, 7) is 4.18. The van der Waals surface area contributed by atoms with Gasteiger partial charge in [0.2, 0.25) is 0 Å². The number of nitrogens with two attached hydrogens (primary N) is 1. The van der Waals surface area contributed by atoms with Crippen molar-refractivity contribution in [3.63, 3.8) is 0 Å². The monoisotopic (exact) mass is 236 g/mol. The van der Waals surface area contributed by atoms with Gasteiger partial charge in [0.25, 0.3) is 5.91 Å². The minimum atomic E-state index is -0.0821. The third kappa shape index (κ3) is 4.03. The number of hydrazine groups is 1. The molecule has 0 fully saturated rings. The lowest BCUT2D eigenvalue weighted by Crippen LogP contribution is -2.34. The third-order valence-corrected chi connectivity index (χ3v) is 2.64. The molecule has 0 aliphatic carbocycles. The summed E-state index contributed by atoms with van der Waals surface area (Å²) < 4.78 is 0. The van der Waals surface area contributed by atoms with Crippen LogP contribution in [0.5, 0.6) is 0 Å². The molecule has 0 aromatic carbocycles. The van der Waals surface area contributed by atoms with Gasteiger partial charge in [0, 0.05) is 12.2 Å². The first-order valence-electron chi connectivity index (χ1n) is 5.94. The summed E-state index contributed by atoms with van der Waals surface area (Å²) in [5.74, 6) is 5.67. The van der Waals surface area contributed by atoms with Gasteiger partial charge in [-0.05, 0) is 25.0 Å². The number of hydrogen-bond donors (Lipinski definition) is 3. The number of carbonyl (C=O) groups is 1. The van der Waals surface area contributed by atoms with Crippen molar-refractivity contribution in [1.29, 1.82) is 0 Å². The molecular formula is C12H20N4O. The van der Waals surface area contributed by atoms with E-state index in [9.17, 15) is 4.79 Å². The molecule has 5 nitrogen and oxygen atoms in total. The van der Waals surface area contributed by atoms with E-state index in [4.69, 9.17) is 5.84 Å². The molecule has 0 saturated carbocycles. The van der Waals surface area contributed by atoms with Gasteiger partial charge < -0.3 is 10.7 Å². The van der Waals surface area contributed by atoms with Crippen molar-refractivity contribution in [2.75, 3.05) is 5.43 Å². The van der Waals surface area contributed by atoms with Crippen LogP contribution in [-0.2, 0) is 0 Å². The second kappa shape index (κ2) is 6.85.